The van der Waals surface area contributed by atoms with Crippen LogP contribution in [-0.4, -0.2) is 51.4 Å². The Morgan fingerprint density at radius 2 is 1.74 bits per heavy atom. The molecule has 2 rings (SSSR count). The number of rotatable bonds is 12. The number of unbranched alkanes of at least 4 members (excludes halogenated alkanes) is 1. The number of carbonyl (C=O) groups excluding carboxylic acids is 4. The smallest absolute Gasteiger partial charge is 0.328 e. The first kappa shape index (κ1) is 28.7. The average Bonchev–Trinajstić information content (AvgIpc) is 3.27. The van der Waals surface area contributed by atoms with E-state index in [1.165, 1.54) is 19.1 Å². The summed E-state index contributed by atoms with van der Waals surface area (Å²) in [5, 5.41) is 14.6. The number of hydrogen-bond acceptors (Lipinski definition) is 7. The third-order valence-electron chi connectivity index (χ3n) is 6.12. The second kappa shape index (κ2) is 13.5. The van der Waals surface area contributed by atoms with Crippen LogP contribution in [0.25, 0.3) is 0 Å². The predicted molar refractivity (Wildman–Crippen MR) is 136 cm³/mol. The summed E-state index contributed by atoms with van der Waals surface area (Å²) in [6, 6.07) is 5.48. The molecule has 3 N–H and O–H groups in total. The molecule has 0 unspecified atom stereocenters. The number of phenolic OH excluding ortho intramolecular Hbond substituents is 1. The molecule has 2 atom stereocenters. The van der Waals surface area contributed by atoms with Crippen molar-refractivity contribution in [1.29, 1.82) is 0 Å². The summed E-state index contributed by atoms with van der Waals surface area (Å²) < 4.78 is 5.40. The molecular formula is C26H38N2O6S. The van der Waals surface area contributed by atoms with Gasteiger partial charge in [-0.1, -0.05) is 63.9 Å². The number of thioether (sulfide) groups is 1. The van der Waals surface area contributed by atoms with Crippen molar-refractivity contribution >= 4 is 34.7 Å². The van der Waals surface area contributed by atoms with Crippen molar-refractivity contribution in [1.82, 2.24) is 10.6 Å². The van der Waals surface area contributed by atoms with Crippen LogP contribution in [0.3, 0.4) is 0 Å². The van der Waals surface area contributed by atoms with Crippen molar-refractivity contribution in [3.8, 4) is 5.75 Å². The Morgan fingerprint density at radius 3 is 2.29 bits per heavy atom. The highest BCUT2D eigenvalue weighted by Crippen LogP contribution is 2.32. The number of benzene rings is 1. The zero-order valence-corrected chi connectivity index (χ0v) is 21.9. The van der Waals surface area contributed by atoms with Gasteiger partial charge < -0.3 is 20.5 Å². The molecule has 1 aliphatic rings. The van der Waals surface area contributed by atoms with Gasteiger partial charge in [0.15, 0.2) is 5.12 Å². The van der Waals surface area contributed by atoms with Crippen molar-refractivity contribution in [3.63, 3.8) is 0 Å². The van der Waals surface area contributed by atoms with Crippen LogP contribution in [0, 0.1) is 5.92 Å². The van der Waals surface area contributed by atoms with Gasteiger partial charge >= 0.3 is 5.97 Å². The zero-order chi connectivity index (χ0) is 26.0. The van der Waals surface area contributed by atoms with Crippen molar-refractivity contribution in [3.05, 3.63) is 29.8 Å². The minimum atomic E-state index is -1.14. The molecule has 35 heavy (non-hydrogen) atoms. The number of amides is 2. The van der Waals surface area contributed by atoms with Crippen LogP contribution in [0.5, 0.6) is 5.75 Å². The van der Waals surface area contributed by atoms with E-state index in [0.29, 0.717) is 12.8 Å². The maximum absolute atomic E-state index is 13.6. The van der Waals surface area contributed by atoms with E-state index in [9.17, 15) is 24.3 Å². The maximum Gasteiger partial charge on any atom is 0.328 e. The number of aromatic hydroxyl groups is 1. The van der Waals surface area contributed by atoms with Crippen LogP contribution in [0.15, 0.2) is 24.3 Å². The van der Waals surface area contributed by atoms with Crippen molar-refractivity contribution in [2.75, 3.05) is 6.61 Å². The number of phenols is 1. The first-order valence-electron chi connectivity index (χ1n) is 12.3. The molecule has 0 aromatic heterocycles. The van der Waals surface area contributed by atoms with E-state index >= 15 is 0 Å². The van der Waals surface area contributed by atoms with Gasteiger partial charge in [0, 0.05) is 13.3 Å². The molecule has 0 saturated heterocycles. The average molecular weight is 507 g/mol. The minimum absolute atomic E-state index is 0.0961. The van der Waals surface area contributed by atoms with Crippen LogP contribution in [0.4, 0.5) is 0 Å². The second-order valence-corrected chi connectivity index (χ2v) is 10.8. The predicted octanol–water partition coefficient (Wildman–Crippen LogP) is 3.50. The molecule has 0 aliphatic heterocycles. The third kappa shape index (κ3) is 8.56. The molecule has 1 aliphatic carbocycles. The van der Waals surface area contributed by atoms with E-state index in [0.717, 1.165) is 43.0 Å². The van der Waals surface area contributed by atoms with Gasteiger partial charge in [-0.2, -0.15) is 0 Å². The number of carbonyl (C=O) groups is 4. The molecule has 1 aromatic carbocycles. The zero-order valence-electron chi connectivity index (χ0n) is 21.1. The maximum atomic E-state index is 13.6. The number of ether oxygens (including phenoxy) is 1. The Hall–Kier alpha value is -2.55. The molecule has 8 nitrogen and oxygen atoms in total. The largest absolute Gasteiger partial charge is 0.508 e. The highest BCUT2D eigenvalue weighted by atomic mass is 32.2. The Kier molecular flexibility index (Phi) is 11.1. The lowest BCUT2D eigenvalue weighted by atomic mass is 9.94. The Bertz CT molecular complexity index is 880. The standard InChI is InChI=1S/C26H38N2O6S/c1-5-6-15-34-24(32)21(16-19-9-11-20(30)12-10-19)27-25(33)26(13-7-8-14-26)28-23(31)22(17(2)3)35-18(4)29/h9-12,17,21-22,30H,5-8,13-16H2,1-4H3,(H,27,33)(H,28,31)/t21-,22-/m0/s1. The Labute approximate surface area is 212 Å². The van der Waals surface area contributed by atoms with Crippen LogP contribution >= 0.6 is 11.8 Å². The van der Waals surface area contributed by atoms with Gasteiger partial charge in [-0.25, -0.2) is 4.79 Å². The van der Waals surface area contributed by atoms with E-state index in [-0.39, 0.29) is 35.7 Å². The van der Waals surface area contributed by atoms with Crippen molar-refractivity contribution in [2.45, 2.75) is 89.5 Å². The van der Waals surface area contributed by atoms with Crippen molar-refractivity contribution < 1.29 is 29.0 Å². The fourth-order valence-corrected chi connectivity index (χ4v) is 4.94. The number of hydrogen-bond donors (Lipinski definition) is 3. The molecule has 194 valence electrons. The molecule has 1 aromatic rings. The topological polar surface area (TPSA) is 122 Å². The fourth-order valence-electron chi connectivity index (χ4n) is 4.14. The second-order valence-electron chi connectivity index (χ2n) is 9.47. The lowest BCUT2D eigenvalue weighted by Crippen LogP contribution is -2.61. The summed E-state index contributed by atoms with van der Waals surface area (Å²) in [4.78, 5) is 51.2. The summed E-state index contributed by atoms with van der Waals surface area (Å²) >= 11 is 0.965. The third-order valence-corrected chi connectivity index (χ3v) is 7.46. The minimum Gasteiger partial charge on any atom is -0.508 e. The summed E-state index contributed by atoms with van der Waals surface area (Å²) in [5.41, 5.74) is -0.388. The first-order valence-corrected chi connectivity index (χ1v) is 13.2. The monoisotopic (exact) mass is 506 g/mol. The molecule has 2 amide bonds. The fraction of sp³-hybridized carbons (Fsp3) is 0.615. The highest BCUT2D eigenvalue weighted by molar-refractivity contribution is 8.14. The van der Waals surface area contributed by atoms with E-state index in [2.05, 4.69) is 10.6 Å². The number of nitrogens with one attached hydrogen (secondary N) is 2. The highest BCUT2D eigenvalue weighted by Gasteiger charge is 2.45. The summed E-state index contributed by atoms with van der Waals surface area (Å²) in [7, 11) is 0. The molecule has 0 spiro atoms. The van der Waals surface area contributed by atoms with Crippen LogP contribution in [0.1, 0.15) is 71.8 Å². The quantitative estimate of drug-likeness (QED) is 0.293. The van der Waals surface area contributed by atoms with Gasteiger partial charge in [0.25, 0.3) is 0 Å². The molecular weight excluding hydrogens is 468 g/mol. The number of esters is 1. The normalized spacial score (nSPS) is 16.4. The van der Waals surface area contributed by atoms with Gasteiger partial charge in [0.2, 0.25) is 11.8 Å². The summed E-state index contributed by atoms with van der Waals surface area (Å²) in [5.74, 6) is -1.30. The SMILES string of the molecule is CCCCOC(=O)[C@H](Cc1ccc(O)cc1)NC(=O)C1(NC(=O)[C@@H](SC(C)=O)C(C)C)CCCC1. The molecule has 9 heteroatoms. The summed E-state index contributed by atoms with van der Waals surface area (Å²) in [6.07, 6.45) is 4.22. The van der Waals surface area contributed by atoms with Gasteiger partial charge in [-0.05, 0) is 42.9 Å². The van der Waals surface area contributed by atoms with E-state index < -0.39 is 28.7 Å². The molecule has 1 fully saturated rings. The van der Waals surface area contributed by atoms with Crippen LogP contribution in [-0.2, 0) is 30.3 Å². The van der Waals surface area contributed by atoms with E-state index in [4.69, 9.17) is 4.74 Å². The van der Waals surface area contributed by atoms with E-state index in [1.807, 2.05) is 20.8 Å². The lowest BCUT2D eigenvalue weighted by Gasteiger charge is -2.33. The molecule has 0 bridgehead atoms. The summed E-state index contributed by atoms with van der Waals surface area (Å²) in [6.45, 7) is 7.40. The molecule has 0 radical (unpaired) electrons. The Balaban J connectivity index is 2.22. The van der Waals surface area contributed by atoms with Gasteiger partial charge in [-0.3, -0.25) is 14.4 Å². The van der Waals surface area contributed by atoms with Crippen molar-refractivity contribution in [2.24, 2.45) is 5.92 Å². The van der Waals surface area contributed by atoms with Crippen LogP contribution in [0.2, 0.25) is 0 Å². The molecule has 0 heterocycles. The first-order chi connectivity index (χ1) is 16.6. The van der Waals surface area contributed by atoms with Gasteiger partial charge in [0.1, 0.15) is 17.3 Å². The van der Waals surface area contributed by atoms with Crippen LogP contribution < -0.4 is 10.6 Å². The van der Waals surface area contributed by atoms with E-state index in [1.54, 1.807) is 12.1 Å². The Morgan fingerprint density at radius 1 is 1.11 bits per heavy atom. The molecule has 1 saturated carbocycles. The van der Waals surface area contributed by atoms with Gasteiger partial charge in [0.05, 0.1) is 11.9 Å². The van der Waals surface area contributed by atoms with Gasteiger partial charge in [-0.15, -0.1) is 0 Å². The lowest BCUT2D eigenvalue weighted by molar-refractivity contribution is -0.149.